The van der Waals surface area contributed by atoms with E-state index < -0.39 is 0 Å². The molecule has 1 saturated carbocycles. The summed E-state index contributed by atoms with van der Waals surface area (Å²) < 4.78 is 0. The Labute approximate surface area is 189 Å². The Hall–Kier alpha value is -1.96. The average molecular weight is 449 g/mol. The minimum atomic E-state index is -0.241. The maximum absolute atomic E-state index is 12.9. The molecule has 1 aromatic rings. The van der Waals surface area contributed by atoms with Crippen LogP contribution in [0.5, 0.6) is 0 Å². The molecule has 7 nitrogen and oxygen atoms in total. The largest absolute Gasteiger partial charge is 0.342 e. The molecular weight excluding hydrogens is 412 g/mol. The van der Waals surface area contributed by atoms with Gasteiger partial charge in [-0.05, 0) is 45.4 Å². The second-order valence-corrected chi connectivity index (χ2v) is 10.2. The summed E-state index contributed by atoms with van der Waals surface area (Å²) in [5.74, 6) is 0.667. The number of anilines is 1. The zero-order chi connectivity index (χ0) is 22.4. The number of hydrogen-bond acceptors (Lipinski definition) is 5. The van der Waals surface area contributed by atoms with Gasteiger partial charge in [-0.25, -0.2) is 4.98 Å². The third-order valence-corrected chi connectivity index (χ3v) is 7.25. The summed E-state index contributed by atoms with van der Waals surface area (Å²) in [6.45, 7) is 7.78. The molecule has 31 heavy (non-hydrogen) atoms. The van der Waals surface area contributed by atoms with E-state index in [1.807, 2.05) is 24.1 Å². The van der Waals surface area contributed by atoms with Crippen LogP contribution in [0.15, 0.2) is 5.38 Å². The molecule has 1 aliphatic heterocycles. The molecule has 1 aliphatic carbocycles. The molecule has 0 unspecified atom stereocenters. The lowest BCUT2D eigenvalue weighted by atomic mass is 9.88. The van der Waals surface area contributed by atoms with Crippen LogP contribution < -0.4 is 5.32 Å². The first kappa shape index (κ1) is 23.7. The zero-order valence-corrected chi connectivity index (χ0v) is 19.9. The molecule has 0 atom stereocenters. The van der Waals surface area contributed by atoms with Gasteiger partial charge in [-0.1, -0.05) is 26.2 Å². The van der Waals surface area contributed by atoms with Crippen molar-refractivity contribution in [2.45, 2.75) is 78.2 Å². The number of nitrogens with one attached hydrogen (secondary N) is 1. The number of amides is 3. The van der Waals surface area contributed by atoms with E-state index in [1.165, 1.54) is 17.8 Å². The van der Waals surface area contributed by atoms with E-state index in [4.69, 9.17) is 0 Å². The Bertz CT molecular complexity index is 765. The van der Waals surface area contributed by atoms with Crippen LogP contribution in [0.3, 0.4) is 0 Å². The standard InChI is InChI=1S/C23H36N4O3S/c1-16(2)27(22(30)18-7-5-4-6-8-18)14-20(28)25-23-24-19(15-31-23)13-21(29)26-11-9-17(3)10-12-26/h15-18H,4-14H2,1-3H3,(H,24,25,28). The zero-order valence-electron chi connectivity index (χ0n) is 19.1. The van der Waals surface area contributed by atoms with Gasteiger partial charge in [0, 0.05) is 30.4 Å². The normalized spacial score (nSPS) is 18.3. The van der Waals surface area contributed by atoms with Crippen molar-refractivity contribution in [3.63, 3.8) is 0 Å². The summed E-state index contributed by atoms with van der Waals surface area (Å²) in [5, 5.41) is 5.12. The molecule has 1 N–H and O–H groups in total. The lowest BCUT2D eigenvalue weighted by Crippen LogP contribution is -2.45. The summed E-state index contributed by atoms with van der Waals surface area (Å²) in [5.41, 5.74) is 0.683. The van der Waals surface area contributed by atoms with Crippen LogP contribution in [-0.4, -0.2) is 58.2 Å². The van der Waals surface area contributed by atoms with Crippen molar-refractivity contribution in [3.05, 3.63) is 11.1 Å². The van der Waals surface area contributed by atoms with Crippen LogP contribution in [0.1, 0.15) is 71.4 Å². The van der Waals surface area contributed by atoms with Crippen molar-refractivity contribution in [2.75, 3.05) is 25.0 Å². The van der Waals surface area contributed by atoms with Crippen molar-refractivity contribution in [2.24, 2.45) is 11.8 Å². The van der Waals surface area contributed by atoms with E-state index in [9.17, 15) is 14.4 Å². The third-order valence-electron chi connectivity index (χ3n) is 6.44. The fourth-order valence-electron chi connectivity index (χ4n) is 4.38. The Morgan fingerprint density at radius 1 is 1.16 bits per heavy atom. The molecule has 1 saturated heterocycles. The lowest BCUT2D eigenvalue weighted by molar-refractivity contribution is -0.141. The van der Waals surface area contributed by atoms with Crippen molar-refractivity contribution in [1.82, 2.24) is 14.8 Å². The highest BCUT2D eigenvalue weighted by Crippen LogP contribution is 2.26. The summed E-state index contributed by atoms with van der Waals surface area (Å²) in [7, 11) is 0. The van der Waals surface area contributed by atoms with E-state index in [1.54, 1.807) is 4.90 Å². The van der Waals surface area contributed by atoms with E-state index in [0.717, 1.165) is 51.6 Å². The van der Waals surface area contributed by atoms with Crippen LogP contribution in [0.2, 0.25) is 0 Å². The first-order valence-corrected chi connectivity index (χ1v) is 12.5. The van der Waals surface area contributed by atoms with Crippen LogP contribution >= 0.6 is 11.3 Å². The maximum atomic E-state index is 12.9. The van der Waals surface area contributed by atoms with E-state index in [0.29, 0.717) is 16.7 Å². The quantitative estimate of drug-likeness (QED) is 0.689. The molecule has 2 heterocycles. The van der Waals surface area contributed by atoms with Gasteiger partial charge in [-0.2, -0.15) is 0 Å². The van der Waals surface area contributed by atoms with Gasteiger partial charge in [0.05, 0.1) is 12.1 Å². The van der Waals surface area contributed by atoms with Crippen molar-refractivity contribution < 1.29 is 14.4 Å². The first-order valence-electron chi connectivity index (χ1n) is 11.7. The van der Waals surface area contributed by atoms with Crippen molar-refractivity contribution in [1.29, 1.82) is 0 Å². The smallest absolute Gasteiger partial charge is 0.245 e. The predicted octanol–water partition coefficient (Wildman–Crippen LogP) is 3.70. The Balaban J connectivity index is 1.51. The number of nitrogens with zero attached hydrogens (tertiary/aromatic N) is 3. The number of carbonyl (C=O) groups excluding carboxylic acids is 3. The topological polar surface area (TPSA) is 82.6 Å². The van der Waals surface area contributed by atoms with Gasteiger partial charge in [0.25, 0.3) is 0 Å². The highest BCUT2D eigenvalue weighted by Gasteiger charge is 2.29. The van der Waals surface area contributed by atoms with Gasteiger partial charge in [-0.3, -0.25) is 14.4 Å². The monoisotopic (exact) mass is 448 g/mol. The minimum Gasteiger partial charge on any atom is -0.342 e. The molecule has 0 radical (unpaired) electrons. The molecule has 3 rings (SSSR count). The summed E-state index contributed by atoms with van der Waals surface area (Å²) in [6.07, 6.45) is 7.58. The van der Waals surface area contributed by atoms with E-state index in [2.05, 4.69) is 17.2 Å². The van der Waals surface area contributed by atoms with Gasteiger partial charge in [-0.15, -0.1) is 11.3 Å². The number of piperidine rings is 1. The van der Waals surface area contributed by atoms with Crippen LogP contribution in [0.4, 0.5) is 5.13 Å². The third kappa shape index (κ3) is 6.76. The first-order chi connectivity index (χ1) is 14.8. The fourth-order valence-corrected chi connectivity index (χ4v) is 5.11. The average Bonchev–Trinajstić information content (AvgIpc) is 3.19. The minimum absolute atomic E-state index is 0.0306. The molecule has 0 bridgehead atoms. The van der Waals surface area contributed by atoms with Crippen LogP contribution in [0.25, 0.3) is 0 Å². The van der Waals surface area contributed by atoms with Crippen molar-refractivity contribution in [3.8, 4) is 0 Å². The van der Waals surface area contributed by atoms with Gasteiger partial charge in [0.1, 0.15) is 6.54 Å². The molecule has 1 aromatic heterocycles. The van der Waals surface area contributed by atoms with Crippen molar-refractivity contribution >= 4 is 34.2 Å². The Morgan fingerprint density at radius 3 is 2.48 bits per heavy atom. The fraction of sp³-hybridized carbons (Fsp3) is 0.739. The lowest BCUT2D eigenvalue weighted by Gasteiger charge is -2.31. The number of likely N-dealkylation sites (tertiary alicyclic amines) is 1. The molecule has 2 aliphatic rings. The van der Waals surface area contributed by atoms with E-state index >= 15 is 0 Å². The SMILES string of the molecule is CC1CCN(C(=O)Cc2csc(NC(=O)CN(C(=O)C3CCCCC3)C(C)C)n2)CC1. The summed E-state index contributed by atoms with van der Waals surface area (Å²) >= 11 is 1.32. The second-order valence-electron chi connectivity index (χ2n) is 9.33. The maximum Gasteiger partial charge on any atom is 0.245 e. The molecule has 3 amide bonds. The van der Waals surface area contributed by atoms with Gasteiger partial charge in [0.15, 0.2) is 5.13 Å². The van der Waals surface area contributed by atoms with Gasteiger partial charge in [0.2, 0.25) is 17.7 Å². The number of hydrogen-bond donors (Lipinski definition) is 1. The van der Waals surface area contributed by atoms with Gasteiger partial charge >= 0.3 is 0 Å². The highest BCUT2D eigenvalue weighted by molar-refractivity contribution is 7.13. The molecule has 2 fully saturated rings. The highest BCUT2D eigenvalue weighted by atomic mass is 32.1. The molecule has 172 valence electrons. The molecule has 0 aromatic carbocycles. The number of carbonyl (C=O) groups is 3. The predicted molar refractivity (Wildman–Crippen MR) is 123 cm³/mol. The van der Waals surface area contributed by atoms with Crippen LogP contribution in [-0.2, 0) is 20.8 Å². The molecule has 0 spiro atoms. The number of thiazole rings is 1. The molecular formula is C23H36N4O3S. The molecule has 8 heteroatoms. The summed E-state index contributed by atoms with van der Waals surface area (Å²) in [4.78, 5) is 46.1. The van der Waals surface area contributed by atoms with E-state index in [-0.39, 0.29) is 42.6 Å². The Morgan fingerprint density at radius 2 is 1.84 bits per heavy atom. The van der Waals surface area contributed by atoms with Crippen LogP contribution in [0, 0.1) is 11.8 Å². The number of rotatable bonds is 7. The second kappa shape index (κ2) is 11.1. The Kier molecular flexibility index (Phi) is 8.46. The summed E-state index contributed by atoms with van der Waals surface area (Å²) in [6, 6.07) is -0.0306. The number of aromatic nitrogens is 1. The van der Waals surface area contributed by atoms with Gasteiger partial charge < -0.3 is 15.1 Å².